The predicted molar refractivity (Wildman–Crippen MR) is 86.6 cm³/mol. The van der Waals surface area contributed by atoms with Gasteiger partial charge in [0.15, 0.2) is 0 Å². The Kier molecular flexibility index (Phi) is 7.13. The summed E-state index contributed by atoms with van der Waals surface area (Å²) in [6.07, 6.45) is 18.7. The monoisotopic (exact) mass is 278 g/mol. The molecule has 0 aromatic heterocycles. The van der Waals surface area contributed by atoms with Gasteiger partial charge in [-0.1, -0.05) is 31.8 Å². The molecule has 20 heavy (non-hydrogen) atoms. The normalized spacial score (nSPS) is 34.9. The minimum Gasteiger partial charge on any atom is -0.396 e. The van der Waals surface area contributed by atoms with Crippen molar-refractivity contribution in [1.82, 2.24) is 0 Å². The first kappa shape index (κ1) is 16.1. The Morgan fingerprint density at radius 3 is 1.75 bits per heavy atom. The van der Waals surface area contributed by atoms with Crippen molar-refractivity contribution in [2.75, 3.05) is 6.61 Å². The maximum Gasteiger partial charge on any atom is 0.0431 e. The van der Waals surface area contributed by atoms with Crippen molar-refractivity contribution in [3.8, 4) is 0 Å². The van der Waals surface area contributed by atoms with E-state index in [9.17, 15) is 0 Å². The summed E-state index contributed by atoms with van der Waals surface area (Å²) in [5, 5.41) is 8.93. The van der Waals surface area contributed by atoms with E-state index in [0.717, 1.165) is 30.1 Å². The second kappa shape index (κ2) is 8.87. The Hall–Kier alpha value is -0.300. The van der Waals surface area contributed by atoms with Crippen LogP contribution in [0.15, 0.2) is 12.7 Å². The van der Waals surface area contributed by atoms with Crippen molar-refractivity contribution in [3.63, 3.8) is 0 Å². The Bertz CT molecular complexity index is 257. The van der Waals surface area contributed by atoms with Crippen LogP contribution in [0.2, 0.25) is 0 Å². The fourth-order valence-electron chi connectivity index (χ4n) is 4.63. The third-order valence-corrected chi connectivity index (χ3v) is 6.00. The predicted octanol–water partition coefficient (Wildman–Crippen LogP) is 5.34. The standard InChI is InChI=1S/C19H34O/c1-2-3-5-16-7-11-18(12-8-16)19-13-9-17(10-14-19)6-4-15-20/h2,16-20H,1,3-15H2. The Morgan fingerprint density at radius 1 is 0.800 bits per heavy atom. The topological polar surface area (TPSA) is 20.2 Å². The maximum absolute atomic E-state index is 8.93. The van der Waals surface area contributed by atoms with Crippen molar-refractivity contribution in [2.24, 2.45) is 23.7 Å². The van der Waals surface area contributed by atoms with E-state index < -0.39 is 0 Å². The minimum absolute atomic E-state index is 0.384. The largest absolute Gasteiger partial charge is 0.396 e. The van der Waals surface area contributed by atoms with Crippen LogP contribution in [0.4, 0.5) is 0 Å². The molecular formula is C19H34O. The van der Waals surface area contributed by atoms with E-state index in [-0.39, 0.29) is 0 Å². The molecule has 0 radical (unpaired) electrons. The molecule has 0 aromatic rings. The zero-order valence-corrected chi connectivity index (χ0v) is 13.2. The summed E-state index contributed by atoms with van der Waals surface area (Å²) < 4.78 is 0. The van der Waals surface area contributed by atoms with Gasteiger partial charge in [-0.25, -0.2) is 0 Å². The number of aliphatic hydroxyl groups excluding tert-OH is 1. The van der Waals surface area contributed by atoms with Crippen molar-refractivity contribution < 1.29 is 5.11 Å². The molecular weight excluding hydrogens is 244 g/mol. The van der Waals surface area contributed by atoms with Crippen molar-refractivity contribution in [3.05, 3.63) is 12.7 Å². The lowest BCUT2D eigenvalue weighted by Crippen LogP contribution is -2.26. The highest BCUT2D eigenvalue weighted by Gasteiger charge is 2.30. The van der Waals surface area contributed by atoms with Gasteiger partial charge >= 0.3 is 0 Å². The average molecular weight is 278 g/mol. The van der Waals surface area contributed by atoms with E-state index in [0.29, 0.717) is 6.61 Å². The molecule has 1 nitrogen and oxygen atoms in total. The van der Waals surface area contributed by atoms with Gasteiger partial charge in [0.05, 0.1) is 0 Å². The summed E-state index contributed by atoms with van der Waals surface area (Å²) in [5.74, 6) is 3.97. The molecule has 0 amide bonds. The first-order valence-corrected chi connectivity index (χ1v) is 9.05. The van der Waals surface area contributed by atoms with E-state index in [2.05, 4.69) is 12.7 Å². The van der Waals surface area contributed by atoms with Gasteiger partial charge in [0.1, 0.15) is 0 Å². The molecule has 0 aliphatic heterocycles. The van der Waals surface area contributed by atoms with Crippen LogP contribution in [0.1, 0.15) is 77.0 Å². The van der Waals surface area contributed by atoms with Crippen LogP contribution in [0.3, 0.4) is 0 Å². The van der Waals surface area contributed by atoms with Crippen LogP contribution in [-0.4, -0.2) is 11.7 Å². The van der Waals surface area contributed by atoms with Gasteiger partial charge in [-0.2, -0.15) is 0 Å². The van der Waals surface area contributed by atoms with Crippen LogP contribution in [-0.2, 0) is 0 Å². The molecule has 1 heteroatoms. The summed E-state index contributed by atoms with van der Waals surface area (Å²) >= 11 is 0. The Balaban J connectivity index is 1.64. The van der Waals surface area contributed by atoms with Gasteiger partial charge < -0.3 is 5.11 Å². The molecule has 116 valence electrons. The van der Waals surface area contributed by atoms with Crippen LogP contribution >= 0.6 is 0 Å². The number of allylic oxidation sites excluding steroid dienone is 1. The zero-order valence-electron chi connectivity index (χ0n) is 13.2. The summed E-state index contributed by atoms with van der Waals surface area (Å²) in [5.41, 5.74) is 0. The molecule has 2 aliphatic rings. The molecule has 0 bridgehead atoms. The van der Waals surface area contributed by atoms with Crippen LogP contribution < -0.4 is 0 Å². The number of aliphatic hydroxyl groups is 1. The molecule has 2 rings (SSSR count). The van der Waals surface area contributed by atoms with E-state index in [1.807, 2.05) is 0 Å². The van der Waals surface area contributed by atoms with Gasteiger partial charge in [-0.05, 0) is 75.0 Å². The molecule has 0 aromatic carbocycles. The summed E-state index contributed by atoms with van der Waals surface area (Å²) in [7, 11) is 0. The molecule has 0 heterocycles. The lowest BCUT2D eigenvalue weighted by molar-refractivity contribution is 0.138. The van der Waals surface area contributed by atoms with Gasteiger partial charge in [-0.3, -0.25) is 0 Å². The highest BCUT2D eigenvalue weighted by atomic mass is 16.2. The van der Waals surface area contributed by atoms with E-state index >= 15 is 0 Å². The molecule has 2 fully saturated rings. The van der Waals surface area contributed by atoms with Gasteiger partial charge in [-0.15, -0.1) is 6.58 Å². The molecule has 2 aliphatic carbocycles. The molecule has 2 saturated carbocycles. The third kappa shape index (κ3) is 4.91. The summed E-state index contributed by atoms with van der Waals surface area (Å²) in [6, 6.07) is 0. The molecule has 0 saturated heterocycles. The second-order valence-electron chi connectivity index (χ2n) is 7.29. The van der Waals surface area contributed by atoms with Crippen LogP contribution in [0, 0.1) is 23.7 Å². The zero-order chi connectivity index (χ0) is 14.2. The molecule has 1 N–H and O–H groups in total. The summed E-state index contributed by atoms with van der Waals surface area (Å²) in [4.78, 5) is 0. The molecule has 0 unspecified atom stereocenters. The lowest BCUT2D eigenvalue weighted by Gasteiger charge is -2.38. The number of rotatable bonds is 7. The average Bonchev–Trinajstić information content (AvgIpc) is 2.52. The van der Waals surface area contributed by atoms with Gasteiger partial charge in [0.2, 0.25) is 0 Å². The Morgan fingerprint density at radius 2 is 1.30 bits per heavy atom. The van der Waals surface area contributed by atoms with E-state index in [4.69, 9.17) is 5.11 Å². The van der Waals surface area contributed by atoms with Crippen LogP contribution in [0.25, 0.3) is 0 Å². The third-order valence-electron chi connectivity index (χ3n) is 6.00. The fourth-order valence-corrected chi connectivity index (χ4v) is 4.63. The first-order valence-electron chi connectivity index (χ1n) is 9.05. The van der Waals surface area contributed by atoms with E-state index in [1.165, 1.54) is 70.6 Å². The lowest BCUT2D eigenvalue weighted by atomic mass is 9.68. The van der Waals surface area contributed by atoms with Crippen LogP contribution in [0.5, 0.6) is 0 Å². The van der Waals surface area contributed by atoms with E-state index in [1.54, 1.807) is 0 Å². The van der Waals surface area contributed by atoms with Gasteiger partial charge in [0.25, 0.3) is 0 Å². The highest BCUT2D eigenvalue weighted by Crippen LogP contribution is 2.42. The maximum atomic E-state index is 8.93. The van der Waals surface area contributed by atoms with Crippen molar-refractivity contribution in [2.45, 2.75) is 77.0 Å². The smallest absolute Gasteiger partial charge is 0.0431 e. The van der Waals surface area contributed by atoms with Crippen molar-refractivity contribution in [1.29, 1.82) is 0 Å². The number of hydrogen-bond acceptors (Lipinski definition) is 1. The highest BCUT2D eigenvalue weighted by molar-refractivity contribution is 4.82. The fraction of sp³-hybridized carbons (Fsp3) is 0.895. The second-order valence-corrected chi connectivity index (χ2v) is 7.29. The Labute approximate surface area is 125 Å². The van der Waals surface area contributed by atoms with Crippen molar-refractivity contribution >= 4 is 0 Å². The summed E-state index contributed by atoms with van der Waals surface area (Å²) in [6.45, 7) is 4.23. The number of hydrogen-bond donors (Lipinski definition) is 1. The molecule has 0 atom stereocenters. The van der Waals surface area contributed by atoms with Gasteiger partial charge in [0, 0.05) is 6.61 Å². The molecule has 0 spiro atoms. The SMILES string of the molecule is C=CCCC1CCC(C2CCC(CCCO)CC2)CC1. The first-order chi connectivity index (χ1) is 9.83. The minimum atomic E-state index is 0.384. The quantitative estimate of drug-likeness (QED) is 0.623.